The van der Waals surface area contributed by atoms with Crippen LogP contribution in [0.25, 0.3) is 0 Å². The van der Waals surface area contributed by atoms with Gasteiger partial charge >= 0.3 is 5.97 Å². The smallest absolute Gasteiger partial charge is 0.314 e. The molecule has 0 aliphatic heterocycles. The third kappa shape index (κ3) is 2.32. The van der Waals surface area contributed by atoms with E-state index in [9.17, 15) is 9.90 Å². The summed E-state index contributed by atoms with van der Waals surface area (Å²) in [4.78, 5) is 11.3. The van der Waals surface area contributed by atoms with Crippen LogP contribution in [0.5, 0.6) is 0 Å². The largest absolute Gasteiger partial charge is 0.481 e. The number of carbonyl (C=O) groups is 1. The highest BCUT2D eigenvalue weighted by Crippen LogP contribution is 2.49. The highest BCUT2D eigenvalue weighted by Gasteiger charge is 2.52. The zero-order chi connectivity index (χ0) is 12.3. The molecule has 3 heteroatoms. The second kappa shape index (κ2) is 4.85. The van der Waals surface area contributed by atoms with Crippen LogP contribution < -0.4 is 0 Å². The Morgan fingerprint density at radius 3 is 2.71 bits per heavy atom. The normalized spacial score (nSPS) is 15.8. The molecule has 1 N–H and O–H groups in total. The van der Waals surface area contributed by atoms with Crippen molar-refractivity contribution in [2.45, 2.75) is 24.7 Å². The van der Waals surface area contributed by atoms with Crippen molar-refractivity contribution in [3.05, 3.63) is 35.4 Å². The van der Waals surface area contributed by atoms with Crippen molar-refractivity contribution in [3.8, 4) is 11.8 Å². The SMILES string of the molecule is O=C(O)C1(c2ccccc2C#CCCS)CC1. The number of benzene rings is 1. The molecule has 2 nitrogen and oxygen atoms in total. The van der Waals surface area contributed by atoms with Gasteiger partial charge < -0.3 is 5.11 Å². The summed E-state index contributed by atoms with van der Waals surface area (Å²) < 4.78 is 0. The Labute approximate surface area is 106 Å². The van der Waals surface area contributed by atoms with Crippen molar-refractivity contribution < 1.29 is 9.90 Å². The highest BCUT2D eigenvalue weighted by atomic mass is 32.1. The molecular weight excluding hydrogens is 232 g/mol. The van der Waals surface area contributed by atoms with Gasteiger partial charge in [0.05, 0.1) is 5.41 Å². The highest BCUT2D eigenvalue weighted by molar-refractivity contribution is 7.80. The summed E-state index contributed by atoms with van der Waals surface area (Å²) in [5, 5.41) is 9.29. The van der Waals surface area contributed by atoms with Crippen LogP contribution in [-0.2, 0) is 10.2 Å². The maximum absolute atomic E-state index is 11.3. The second-order valence-electron chi connectivity index (χ2n) is 4.21. The molecule has 88 valence electrons. The first kappa shape index (κ1) is 12.1. The van der Waals surface area contributed by atoms with Gasteiger partial charge in [-0.1, -0.05) is 30.0 Å². The molecule has 1 fully saturated rings. The summed E-state index contributed by atoms with van der Waals surface area (Å²) in [5.41, 5.74) is 1.03. The number of rotatable bonds is 3. The van der Waals surface area contributed by atoms with Gasteiger partial charge in [0.1, 0.15) is 0 Å². The molecule has 1 aromatic rings. The van der Waals surface area contributed by atoms with E-state index in [1.807, 2.05) is 24.3 Å². The lowest BCUT2D eigenvalue weighted by atomic mass is 9.91. The predicted octanol–water partition coefficient (Wildman–Crippen LogP) is 2.47. The molecule has 0 unspecified atom stereocenters. The Morgan fingerprint density at radius 2 is 2.12 bits per heavy atom. The maximum Gasteiger partial charge on any atom is 0.314 e. The first-order valence-electron chi connectivity index (χ1n) is 5.63. The topological polar surface area (TPSA) is 37.3 Å². The molecule has 1 aliphatic carbocycles. The molecule has 0 atom stereocenters. The quantitative estimate of drug-likeness (QED) is 0.635. The van der Waals surface area contributed by atoms with Gasteiger partial charge in [0, 0.05) is 17.7 Å². The minimum atomic E-state index is -0.735. The first-order chi connectivity index (χ1) is 8.20. The van der Waals surface area contributed by atoms with Crippen LogP contribution >= 0.6 is 12.6 Å². The van der Waals surface area contributed by atoms with Gasteiger partial charge in [0.15, 0.2) is 0 Å². The van der Waals surface area contributed by atoms with Crippen molar-refractivity contribution in [2.75, 3.05) is 5.75 Å². The zero-order valence-electron chi connectivity index (χ0n) is 9.44. The summed E-state index contributed by atoms with van der Waals surface area (Å²) in [6.45, 7) is 0. The van der Waals surface area contributed by atoms with Gasteiger partial charge in [-0.25, -0.2) is 0 Å². The standard InChI is InChI=1S/C14H14O2S/c15-13(16)14(8-9-14)12-7-2-1-5-11(12)6-3-4-10-17/h1-2,5,7,17H,4,8-10H2,(H,15,16). The van der Waals surface area contributed by atoms with E-state index in [1.54, 1.807) is 0 Å². The minimum Gasteiger partial charge on any atom is -0.481 e. The van der Waals surface area contributed by atoms with E-state index < -0.39 is 11.4 Å². The fraction of sp³-hybridized carbons (Fsp3) is 0.357. The molecule has 0 amide bonds. The van der Waals surface area contributed by atoms with E-state index in [1.165, 1.54) is 0 Å². The molecule has 0 aromatic heterocycles. The Hall–Kier alpha value is -1.40. The number of carboxylic acids is 1. The minimum absolute atomic E-state index is 0.674. The van der Waals surface area contributed by atoms with Crippen LogP contribution in [-0.4, -0.2) is 16.8 Å². The van der Waals surface area contributed by atoms with Crippen LogP contribution in [0.15, 0.2) is 24.3 Å². The lowest BCUT2D eigenvalue weighted by molar-refractivity contribution is -0.140. The van der Waals surface area contributed by atoms with Gasteiger partial charge in [0.2, 0.25) is 0 Å². The monoisotopic (exact) mass is 246 g/mol. The molecule has 0 spiro atoms. The molecular formula is C14H14O2S. The van der Waals surface area contributed by atoms with E-state index in [-0.39, 0.29) is 0 Å². The van der Waals surface area contributed by atoms with E-state index in [0.717, 1.165) is 23.3 Å². The number of thiol groups is 1. The Morgan fingerprint density at radius 1 is 1.41 bits per heavy atom. The van der Waals surface area contributed by atoms with Crippen molar-refractivity contribution in [3.63, 3.8) is 0 Å². The van der Waals surface area contributed by atoms with E-state index in [4.69, 9.17) is 0 Å². The third-order valence-electron chi connectivity index (χ3n) is 3.06. The van der Waals surface area contributed by atoms with Crippen LogP contribution in [0.4, 0.5) is 0 Å². The summed E-state index contributed by atoms with van der Waals surface area (Å²) in [6.07, 6.45) is 2.15. The molecule has 0 radical (unpaired) electrons. The van der Waals surface area contributed by atoms with E-state index in [0.29, 0.717) is 12.8 Å². The lowest BCUT2D eigenvalue weighted by Gasteiger charge is -2.12. The molecule has 17 heavy (non-hydrogen) atoms. The van der Waals surface area contributed by atoms with Crippen molar-refractivity contribution in [1.29, 1.82) is 0 Å². The van der Waals surface area contributed by atoms with E-state index >= 15 is 0 Å². The Kier molecular flexibility index (Phi) is 3.44. The van der Waals surface area contributed by atoms with Crippen molar-refractivity contribution in [1.82, 2.24) is 0 Å². The number of aliphatic carboxylic acids is 1. The summed E-state index contributed by atoms with van der Waals surface area (Å²) in [6, 6.07) is 7.55. The van der Waals surface area contributed by atoms with Crippen LogP contribution in [0.2, 0.25) is 0 Å². The number of hydrogen-bond donors (Lipinski definition) is 2. The molecule has 0 heterocycles. The number of hydrogen-bond acceptors (Lipinski definition) is 2. The van der Waals surface area contributed by atoms with Gasteiger partial charge in [0.25, 0.3) is 0 Å². The fourth-order valence-electron chi connectivity index (χ4n) is 1.95. The van der Waals surface area contributed by atoms with Crippen molar-refractivity contribution >= 4 is 18.6 Å². The fourth-order valence-corrected chi connectivity index (χ4v) is 2.06. The zero-order valence-corrected chi connectivity index (χ0v) is 10.3. The van der Waals surface area contributed by atoms with Crippen LogP contribution in [0.3, 0.4) is 0 Å². The first-order valence-corrected chi connectivity index (χ1v) is 6.26. The lowest BCUT2D eigenvalue weighted by Crippen LogP contribution is -2.20. The number of carboxylic acid groups (broad SMARTS) is 1. The Bertz CT molecular complexity index is 492. The second-order valence-corrected chi connectivity index (χ2v) is 4.66. The molecule has 0 saturated heterocycles. The van der Waals surface area contributed by atoms with Crippen molar-refractivity contribution in [2.24, 2.45) is 0 Å². The Balaban J connectivity index is 2.36. The van der Waals surface area contributed by atoms with Gasteiger partial charge in [-0.05, 0) is 24.5 Å². The summed E-state index contributed by atoms with van der Waals surface area (Å²) >= 11 is 4.10. The molecule has 1 aliphatic rings. The average molecular weight is 246 g/mol. The molecule has 0 bridgehead atoms. The predicted molar refractivity (Wildman–Crippen MR) is 70.3 cm³/mol. The van der Waals surface area contributed by atoms with Gasteiger partial charge in [-0.15, -0.1) is 0 Å². The maximum atomic E-state index is 11.3. The third-order valence-corrected chi connectivity index (χ3v) is 3.29. The van der Waals surface area contributed by atoms with Crippen LogP contribution in [0.1, 0.15) is 30.4 Å². The van der Waals surface area contributed by atoms with Gasteiger partial charge in [-0.2, -0.15) is 12.6 Å². The molecule has 1 aromatic carbocycles. The molecule has 1 saturated carbocycles. The summed E-state index contributed by atoms with van der Waals surface area (Å²) in [7, 11) is 0. The van der Waals surface area contributed by atoms with Gasteiger partial charge in [-0.3, -0.25) is 4.79 Å². The molecule has 2 rings (SSSR count). The van der Waals surface area contributed by atoms with E-state index in [2.05, 4.69) is 24.5 Å². The summed E-state index contributed by atoms with van der Waals surface area (Å²) in [5.74, 6) is 6.05. The van der Waals surface area contributed by atoms with Crippen LogP contribution in [0, 0.1) is 11.8 Å². The average Bonchev–Trinajstić information content (AvgIpc) is 3.11.